The van der Waals surface area contributed by atoms with Crippen LogP contribution in [-0.2, 0) is 13.1 Å². The van der Waals surface area contributed by atoms with E-state index in [4.69, 9.17) is 37.4 Å². The molecule has 3 aromatic rings. The van der Waals surface area contributed by atoms with Gasteiger partial charge in [-0.1, -0.05) is 45.2 Å². The highest BCUT2D eigenvalue weighted by Crippen LogP contribution is 2.32. The number of ether oxygens (including phenoxy) is 3. The van der Waals surface area contributed by atoms with E-state index < -0.39 is 0 Å². The van der Waals surface area contributed by atoms with Crippen molar-refractivity contribution in [2.75, 3.05) is 14.2 Å². The molecular weight excluding hydrogens is 579 g/mol. The van der Waals surface area contributed by atoms with Crippen LogP contribution in [0.25, 0.3) is 0 Å². The molecule has 196 valence electrons. The van der Waals surface area contributed by atoms with Crippen molar-refractivity contribution in [3.05, 3.63) is 80.2 Å². The Bertz CT molecular complexity index is 1250. The van der Waals surface area contributed by atoms with Gasteiger partial charge in [-0.15, -0.1) is 0 Å². The minimum absolute atomic E-state index is 0.189. The van der Waals surface area contributed by atoms with Gasteiger partial charge in [-0.05, 0) is 67.6 Å². The van der Waals surface area contributed by atoms with Crippen LogP contribution in [-0.4, -0.2) is 31.2 Å². The van der Waals surface area contributed by atoms with Crippen molar-refractivity contribution in [3.8, 4) is 23.0 Å². The topological polar surface area (TPSA) is 60.0 Å². The summed E-state index contributed by atoms with van der Waals surface area (Å²) in [6, 6.07) is 16.2. The summed E-state index contributed by atoms with van der Waals surface area (Å²) < 4.78 is 18.3. The van der Waals surface area contributed by atoms with E-state index in [9.17, 15) is 4.79 Å². The zero-order valence-electron chi connectivity index (χ0n) is 20.7. The third-order valence-electron chi connectivity index (χ3n) is 6.21. The first-order valence-electron chi connectivity index (χ1n) is 12.1. The fraction of sp³-hybridized carbons (Fsp3) is 0.321. The van der Waals surface area contributed by atoms with Crippen molar-refractivity contribution in [2.24, 2.45) is 0 Å². The number of carbonyl (C=O) groups is 1. The molecule has 0 saturated heterocycles. The van der Waals surface area contributed by atoms with E-state index in [1.165, 1.54) is 12.8 Å². The Morgan fingerprint density at radius 1 is 0.973 bits per heavy atom. The van der Waals surface area contributed by atoms with Gasteiger partial charge in [-0.3, -0.25) is 0 Å². The Morgan fingerprint density at radius 2 is 1.65 bits per heavy atom. The van der Waals surface area contributed by atoms with Crippen molar-refractivity contribution in [1.29, 1.82) is 0 Å². The largest absolute Gasteiger partial charge is 0.497 e. The molecule has 0 heterocycles. The van der Waals surface area contributed by atoms with Crippen LogP contribution in [0.15, 0.2) is 59.1 Å². The van der Waals surface area contributed by atoms with Crippen LogP contribution in [0.3, 0.4) is 0 Å². The highest BCUT2D eigenvalue weighted by molar-refractivity contribution is 9.10. The maximum Gasteiger partial charge on any atom is 0.317 e. The second kappa shape index (κ2) is 12.8. The highest BCUT2D eigenvalue weighted by atomic mass is 79.9. The predicted molar refractivity (Wildman–Crippen MR) is 150 cm³/mol. The number of halogens is 3. The quantitative estimate of drug-likeness (QED) is 0.266. The molecule has 0 atom stereocenters. The van der Waals surface area contributed by atoms with Crippen LogP contribution in [0.5, 0.6) is 23.0 Å². The number of amides is 2. The summed E-state index contributed by atoms with van der Waals surface area (Å²) in [5, 5.41) is 3.89. The molecule has 1 fully saturated rings. The van der Waals surface area contributed by atoms with Crippen molar-refractivity contribution in [3.63, 3.8) is 0 Å². The van der Waals surface area contributed by atoms with E-state index in [1.54, 1.807) is 37.3 Å². The first kappa shape index (κ1) is 27.4. The zero-order valence-corrected chi connectivity index (χ0v) is 23.8. The number of hydrogen-bond donors (Lipinski definition) is 1. The Hall–Kier alpha value is -2.61. The monoisotopic (exact) mass is 606 g/mol. The van der Waals surface area contributed by atoms with Gasteiger partial charge in [0, 0.05) is 42.3 Å². The molecule has 1 saturated carbocycles. The van der Waals surface area contributed by atoms with Gasteiger partial charge in [0.05, 0.1) is 23.3 Å². The summed E-state index contributed by atoms with van der Waals surface area (Å²) in [4.78, 5) is 14.5. The maximum atomic E-state index is 12.9. The molecule has 4 rings (SSSR count). The number of nitrogens with one attached hydrogen (secondary N) is 1. The Morgan fingerprint density at radius 3 is 2.35 bits per heavy atom. The lowest BCUT2D eigenvalue weighted by Gasteiger charge is -2.21. The molecule has 6 nitrogen and oxygen atoms in total. The molecule has 0 aromatic heterocycles. The third kappa shape index (κ3) is 7.46. The number of nitrogens with zero attached hydrogens (tertiary/aromatic N) is 1. The van der Waals surface area contributed by atoms with Gasteiger partial charge in [0.15, 0.2) is 0 Å². The van der Waals surface area contributed by atoms with Crippen molar-refractivity contribution >= 4 is 45.2 Å². The van der Waals surface area contributed by atoms with Crippen LogP contribution in [0.4, 0.5) is 4.79 Å². The number of urea groups is 1. The molecule has 37 heavy (non-hydrogen) atoms. The van der Waals surface area contributed by atoms with Crippen LogP contribution < -0.4 is 19.5 Å². The molecule has 2 amide bonds. The summed E-state index contributed by atoms with van der Waals surface area (Å²) in [5.41, 5.74) is 1.85. The van der Waals surface area contributed by atoms with Gasteiger partial charge in [-0.2, -0.15) is 0 Å². The second-order valence-electron chi connectivity index (χ2n) is 8.94. The average molecular weight is 608 g/mol. The smallest absolute Gasteiger partial charge is 0.317 e. The number of carbonyl (C=O) groups excluding carboxylic acids is 1. The van der Waals surface area contributed by atoms with E-state index in [2.05, 4.69) is 21.2 Å². The van der Waals surface area contributed by atoms with E-state index in [-0.39, 0.29) is 12.1 Å². The molecule has 1 N–H and O–H groups in total. The first-order chi connectivity index (χ1) is 17.8. The maximum absolute atomic E-state index is 12.9. The van der Waals surface area contributed by atoms with Crippen LogP contribution in [0.1, 0.15) is 36.8 Å². The molecule has 0 aliphatic heterocycles. The lowest BCUT2D eigenvalue weighted by molar-refractivity contribution is 0.202. The van der Waals surface area contributed by atoms with E-state index >= 15 is 0 Å². The average Bonchev–Trinajstić information content (AvgIpc) is 3.40. The lowest BCUT2D eigenvalue weighted by atomic mass is 10.1. The molecule has 3 aromatic carbocycles. The summed E-state index contributed by atoms with van der Waals surface area (Å²) >= 11 is 15.6. The van der Waals surface area contributed by atoms with E-state index in [0.717, 1.165) is 39.9 Å². The third-order valence-corrected chi connectivity index (χ3v) is 7.68. The van der Waals surface area contributed by atoms with Crippen molar-refractivity contribution in [2.45, 2.75) is 44.9 Å². The van der Waals surface area contributed by atoms with Gasteiger partial charge in [0.2, 0.25) is 0 Å². The van der Waals surface area contributed by atoms with E-state index in [0.29, 0.717) is 34.6 Å². The number of benzene rings is 3. The Balaban J connectivity index is 1.35. The minimum Gasteiger partial charge on any atom is -0.497 e. The van der Waals surface area contributed by atoms with Crippen LogP contribution >= 0.6 is 39.1 Å². The Kier molecular flexibility index (Phi) is 9.46. The lowest BCUT2D eigenvalue weighted by Crippen LogP contribution is -2.36. The normalized spacial score (nSPS) is 13.3. The molecule has 0 bridgehead atoms. The van der Waals surface area contributed by atoms with Crippen LogP contribution in [0, 0.1) is 0 Å². The molecule has 0 spiro atoms. The highest BCUT2D eigenvalue weighted by Gasteiger charge is 2.19. The van der Waals surface area contributed by atoms with Crippen molar-refractivity contribution < 1.29 is 19.0 Å². The zero-order chi connectivity index (χ0) is 26.4. The summed E-state index contributed by atoms with van der Waals surface area (Å²) in [7, 11) is 3.39. The minimum atomic E-state index is -0.189. The number of rotatable bonds is 9. The van der Waals surface area contributed by atoms with Crippen molar-refractivity contribution in [1.82, 2.24) is 10.2 Å². The van der Waals surface area contributed by atoms with E-state index in [1.807, 2.05) is 36.4 Å². The SMILES string of the molecule is COc1ccc(CNC(=O)N(C)Cc2ccc(Oc3ccc(Cl)c(Cl)c3)cc2Br)c(OC2CCCC2)c1. The molecule has 1 aliphatic rings. The van der Waals surface area contributed by atoms with Crippen LogP contribution in [0.2, 0.25) is 10.0 Å². The molecule has 9 heteroatoms. The molecule has 0 unspecified atom stereocenters. The van der Waals surface area contributed by atoms with Gasteiger partial charge in [-0.25, -0.2) is 4.79 Å². The summed E-state index contributed by atoms with van der Waals surface area (Å²) in [5.74, 6) is 2.71. The van der Waals surface area contributed by atoms with Gasteiger partial charge in [0.25, 0.3) is 0 Å². The number of methoxy groups -OCH3 is 1. The number of hydrogen-bond acceptors (Lipinski definition) is 4. The fourth-order valence-electron chi connectivity index (χ4n) is 4.13. The fourth-order valence-corrected chi connectivity index (χ4v) is 4.90. The standard InChI is InChI=1S/C28H29BrCl2N2O4/c1-33(17-19-8-10-22(13-24(19)29)36-23-11-12-25(30)26(31)14-23)28(34)32-16-18-7-9-21(35-2)15-27(18)37-20-5-3-4-6-20/h7-15,20H,3-6,16-17H2,1-2H3,(H,32,34). The molecular formula is C28H29BrCl2N2O4. The Labute approximate surface area is 235 Å². The molecule has 0 radical (unpaired) electrons. The van der Waals surface area contributed by atoms with Gasteiger partial charge < -0.3 is 24.4 Å². The van der Waals surface area contributed by atoms with Gasteiger partial charge >= 0.3 is 6.03 Å². The summed E-state index contributed by atoms with van der Waals surface area (Å²) in [6.45, 7) is 0.764. The van der Waals surface area contributed by atoms with Gasteiger partial charge in [0.1, 0.15) is 23.0 Å². The molecule has 1 aliphatic carbocycles. The predicted octanol–water partition coefficient (Wildman–Crippen LogP) is 8.22. The first-order valence-corrected chi connectivity index (χ1v) is 13.6. The summed E-state index contributed by atoms with van der Waals surface area (Å²) in [6.07, 6.45) is 4.69. The second-order valence-corrected chi connectivity index (χ2v) is 10.6.